The maximum Gasteiger partial charge on any atom is 0.393 e. The van der Waals surface area contributed by atoms with Gasteiger partial charge in [-0.1, -0.05) is 38.0 Å². The second kappa shape index (κ2) is 11.3. The molecule has 2 heterocycles. The van der Waals surface area contributed by atoms with Crippen LogP contribution in [0.5, 0.6) is 5.75 Å². The van der Waals surface area contributed by atoms with Gasteiger partial charge in [-0.05, 0) is 85.5 Å². The minimum Gasteiger partial charge on any atom is -0.495 e. The van der Waals surface area contributed by atoms with E-state index in [-0.39, 0.29) is 13.5 Å². The molecule has 202 valence electrons. The predicted molar refractivity (Wildman–Crippen MR) is 155 cm³/mol. The first-order valence-electron chi connectivity index (χ1n) is 12.9. The molecule has 0 radical (unpaired) electrons. The van der Waals surface area contributed by atoms with Gasteiger partial charge in [0.1, 0.15) is 5.75 Å². The van der Waals surface area contributed by atoms with Crippen LogP contribution in [0.3, 0.4) is 0 Å². The summed E-state index contributed by atoms with van der Waals surface area (Å²) in [5, 5.41) is 12.4. The lowest BCUT2D eigenvalue weighted by Gasteiger charge is -2.32. The number of nitrogens with one attached hydrogen (secondary N) is 3. The van der Waals surface area contributed by atoms with Crippen molar-refractivity contribution in [2.45, 2.75) is 31.5 Å². The zero-order chi connectivity index (χ0) is 26.9. The fraction of sp³-hybridized carbons (Fsp3) is 0.448. The van der Waals surface area contributed by atoms with E-state index in [0.717, 1.165) is 34.9 Å². The molecule has 1 aliphatic heterocycles. The number of thiophene rings is 1. The Morgan fingerprint density at radius 1 is 1.11 bits per heavy atom. The molecule has 2 aliphatic rings. The number of hydrogen-bond donors (Lipinski definition) is 3. The van der Waals surface area contributed by atoms with E-state index in [1.54, 1.807) is 13.2 Å². The highest BCUT2D eigenvalue weighted by molar-refractivity contribution is 7.64. The second-order valence-electron chi connectivity index (χ2n) is 10.2. The van der Waals surface area contributed by atoms with Crippen LogP contribution in [-0.2, 0) is 6.42 Å². The number of benzene rings is 2. The molecular weight excluding hydrogens is 526 g/mol. The summed E-state index contributed by atoms with van der Waals surface area (Å²) in [5.41, 5.74) is 2.00. The van der Waals surface area contributed by atoms with Gasteiger partial charge in [0.25, 0.3) is 0 Å². The number of hydrogen-bond acceptors (Lipinski definition) is 5. The van der Waals surface area contributed by atoms with Crippen molar-refractivity contribution in [2.75, 3.05) is 50.7 Å². The fourth-order valence-electron chi connectivity index (χ4n) is 5.63. The van der Waals surface area contributed by atoms with E-state index in [1.807, 2.05) is 24.3 Å². The number of halogens is 3. The Hall–Kier alpha value is -2.46. The Kier molecular flexibility index (Phi) is 8.09. The summed E-state index contributed by atoms with van der Waals surface area (Å²) in [6, 6.07) is 12.1. The minimum atomic E-state index is -4.31. The Bertz CT molecular complexity index is 1340. The Labute approximate surface area is 227 Å². The molecular formula is C29H33F3N3OPS. The zero-order valence-electron chi connectivity index (χ0n) is 21.8. The van der Waals surface area contributed by atoms with Crippen LogP contribution in [0.1, 0.15) is 23.3 Å². The third-order valence-corrected chi connectivity index (χ3v) is 10.0. The van der Waals surface area contributed by atoms with Crippen molar-refractivity contribution < 1.29 is 17.9 Å². The van der Waals surface area contributed by atoms with Crippen LogP contribution in [0.15, 0.2) is 36.4 Å². The Balaban J connectivity index is 1.41. The van der Waals surface area contributed by atoms with Gasteiger partial charge in [-0.2, -0.15) is 13.2 Å². The largest absolute Gasteiger partial charge is 0.495 e. The highest BCUT2D eigenvalue weighted by Gasteiger charge is 2.39. The van der Waals surface area contributed by atoms with Crippen molar-refractivity contribution >= 4 is 46.0 Å². The van der Waals surface area contributed by atoms with Crippen LogP contribution >= 0.6 is 19.3 Å². The summed E-state index contributed by atoms with van der Waals surface area (Å²) < 4.78 is 47.2. The average molecular weight is 560 g/mol. The Morgan fingerprint density at radius 3 is 2.55 bits per heavy atom. The standard InChI is InChI=1S/C29H33F3N3OPS/c1-36-25-14-20(37(2)3)11-12-23(25)34-13-5-8-26-22(15-29(30,31)32)21-6-4-7-24(28(21)38-26)35-27-18-9-10-19(27)17-33-16-18/h4,6-7,11-12,14,18-19,27,33-35H,9-10,13,15-17H2,1-3H3. The van der Waals surface area contributed by atoms with Crippen LogP contribution in [0.2, 0.25) is 0 Å². The van der Waals surface area contributed by atoms with Gasteiger partial charge in [0.05, 0.1) is 41.0 Å². The van der Waals surface area contributed by atoms with Gasteiger partial charge < -0.3 is 20.7 Å². The Morgan fingerprint density at radius 2 is 1.87 bits per heavy atom. The van der Waals surface area contributed by atoms with Crippen molar-refractivity contribution in [2.24, 2.45) is 11.8 Å². The van der Waals surface area contributed by atoms with E-state index < -0.39 is 12.6 Å². The summed E-state index contributed by atoms with van der Waals surface area (Å²) in [7, 11) is 1.38. The van der Waals surface area contributed by atoms with Crippen LogP contribution in [-0.4, -0.2) is 52.3 Å². The number of methoxy groups -OCH3 is 1. The number of ether oxygens (including phenoxy) is 1. The van der Waals surface area contributed by atoms with Gasteiger partial charge in [0.15, 0.2) is 0 Å². The lowest BCUT2D eigenvalue weighted by molar-refractivity contribution is -0.126. The molecule has 4 nitrogen and oxygen atoms in total. The highest BCUT2D eigenvalue weighted by Crippen LogP contribution is 2.42. The first-order chi connectivity index (χ1) is 18.2. The molecule has 3 N–H and O–H groups in total. The van der Waals surface area contributed by atoms with Crippen LogP contribution in [0.25, 0.3) is 10.1 Å². The fourth-order valence-corrected chi connectivity index (χ4v) is 7.55. The number of rotatable bonds is 7. The lowest BCUT2D eigenvalue weighted by atomic mass is 9.93. The molecule has 2 aromatic carbocycles. The molecule has 38 heavy (non-hydrogen) atoms. The van der Waals surface area contributed by atoms with Gasteiger partial charge in [-0.3, -0.25) is 0 Å². The van der Waals surface area contributed by atoms with Crippen LogP contribution in [0, 0.1) is 23.7 Å². The van der Waals surface area contributed by atoms with Crippen molar-refractivity contribution in [3.63, 3.8) is 0 Å². The van der Waals surface area contributed by atoms with Crippen molar-refractivity contribution in [1.29, 1.82) is 0 Å². The quantitative estimate of drug-likeness (QED) is 0.236. The summed E-state index contributed by atoms with van der Waals surface area (Å²) in [6.45, 7) is 6.65. The molecule has 3 aromatic rings. The molecule has 0 amide bonds. The number of anilines is 2. The molecule has 1 aromatic heterocycles. The maximum atomic E-state index is 13.6. The summed E-state index contributed by atoms with van der Waals surface area (Å²) in [5.74, 6) is 7.95. The topological polar surface area (TPSA) is 45.3 Å². The average Bonchev–Trinajstić information content (AvgIpc) is 3.31. The summed E-state index contributed by atoms with van der Waals surface area (Å²) >= 11 is 1.36. The summed E-state index contributed by atoms with van der Waals surface area (Å²) in [4.78, 5) is 0.478. The first kappa shape index (κ1) is 27.1. The maximum absolute atomic E-state index is 13.6. The predicted octanol–water partition coefficient (Wildman–Crippen LogP) is 6.26. The van der Waals surface area contributed by atoms with Gasteiger partial charge in [-0.25, -0.2) is 0 Å². The van der Waals surface area contributed by atoms with E-state index in [1.165, 1.54) is 29.5 Å². The molecule has 2 unspecified atom stereocenters. The monoisotopic (exact) mass is 559 g/mol. The van der Waals surface area contributed by atoms with E-state index in [0.29, 0.717) is 34.7 Å². The van der Waals surface area contributed by atoms with Gasteiger partial charge in [0, 0.05) is 6.04 Å². The molecule has 2 bridgehead atoms. The molecule has 0 spiro atoms. The van der Waals surface area contributed by atoms with E-state index in [9.17, 15) is 13.2 Å². The highest BCUT2D eigenvalue weighted by atomic mass is 32.1. The van der Waals surface area contributed by atoms with Crippen molar-refractivity contribution in [3.05, 3.63) is 46.8 Å². The SMILES string of the molecule is COc1cc(P(C)C)ccc1NCC#Cc1sc2c(NC3C4CCC3CNC4)cccc2c1CC(F)(F)F. The van der Waals surface area contributed by atoms with E-state index >= 15 is 0 Å². The smallest absolute Gasteiger partial charge is 0.393 e. The van der Waals surface area contributed by atoms with Gasteiger partial charge in [0.2, 0.25) is 0 Å². The number of fused-ring (bicyclic) bond motifs is 3. The number of piperidine rings is 1. The molecule has 1 saturated carbocycles. The van der Waals surface area contributed by atoms with Crippen LogP contribution in [0.4, 0.5) is 24.5 Å². The minimum absolute atomic E-state index is 0.247. The van der Waals surface area contributed by atoms with E-state index in [4.69, 9.17) is 4.74 Å². The molecule has 2 fully saturated rings. The third-order valence-electron chi connectivity index (χ3n) is 7.53. The lowest BCUT2D eigenvalue weighted by Crippen LogP contribution is -2.45. The number of alkyl halides is 3. The van der Waals surface area contributed by atoms with Gasteiger partial charge >= 0.3 is 6.18 Å². The third kappa shape index (κ3) is 5.91. The molecule has 9 heteroatoms. The molecule has 5 rings (SSSR count). The summed E-state index contributed by atoms with van der Waals surface area (Å²) in [6.07, 6.45) is -2.93. The molecule has 2 atom stereocenters. The zero-order valence-corrected chi connectivity index (χ0v) is 23.5. The van der Waals surface area contributed by atoms with Crippen molar-refractivity contribution in [3.8, 4) is 17.6 Å². The second-order valence-corrected chi connectivity index (χ2v) is 13.6. The van der Waals surface area contributed by atoms with Crippen LogP contribution < -0.4 is 26.0 Å². The van der Waals surface area contributed by atoms with Crippen molar-refractivity contribution in [1.82, 2.24) is 5.32 Å². The van der Waals surface area contributed by atoms with Gasteiger partial charge in [-0.15, -0.1) is 11.3 Å². The molecule has 1 aliphatic carbocycles. The molecule has 1 saturated heterocycles. The van der Waals surface area contributed by atoms with E-state index in [2.05, 4.69) is 47.2 Å². The first-order valence-corrected chi connectivity index (χ1v) is 15.9. The normalized spacial score (nSPS) is 20.9.